The number of nitrogens with one attached hydrogen (secondary N) is 2. The maximum atomic E-state index is 12.4. The number of amides is 1. The number of rotatable bonds is 7. The number of anilines is 2. The highest BCUT2D eigenvalue weighted by Gasteiger charge is 2.19. The Balaban J connectivity index is 1.82. The van der Waals surface area contributed by atoms with E-state index in [4.69, 9.17) is 22.7 Å². The molecular formula is C22H21N3O3S2. The van der Waals surface area contributed by atoms with Crippen molar-refractivity contribution in [1.29, 1.82) is 0 Å². The van der Waals surface area contributed by atoms with Gasteiger partial charge in [-0.25, -0.2) is 4.79 Å². The highest BCUT2D eigenvalue weighted by molar-refractivity contribution is 7.80. The Morgan fingerprint density at radius 2 is 1.73 bits per heavy atom. The number of para-hydroxylation sites is 1. The number of nitrogens with two attached hydrogens (primary N) is 1. The summed E-state index contributed by atoms with van der Waals surface area (Å²) in [6.45, 7) is 2.03. The van der Waals surface area contributed by atoms with Crippen LogP contribution in [-0.4, -0.2) is 23.6 Å². The maximum absolute atomic E-state index is 12.4. The number of carbonyl (C=O) groups excluding carboxylic acids is 2. The Morgan fingerprint density at radius 1 is 1.03 bits per heavy atom. The summed E-state index contributed by atoms with van der Waals surface area (Å²) in [6.07, 6.45) is 0.685. The van der Waals surface area contributed by atoms with Crippen molar-refractivity contribution in [1.82, 2.24) is 0 Å². The lowest BCUT2D eigenvalue weighted by Crippen LogP contribution is -2.22. The first-order valence-corrected chi connectivity index (χ1v) is 10.5. The Bertz CT molecular complexity index is 1060. The third kappa shape index (κ3) is 5.43. The molecule has 0 bridgehead atoms. The number of ether oxygens (including phenoxy) is 1. The van der Waals surface area contributed by atoms with Crippen LogP contribution in [0.15, 0.2) is 60.7 Å². The first-order chi connectivity index (χ1) is 14.5. The number of thiocarbonyl (C=S) groups is 1. The van der Waals surface area contributed by atoms with Crippen LogP contribution in [0.25, 0.3) is 0 Å². The molecule has 0 aliphatic rings. The average molecular weight is 440 g/mol. The molecule has 3 rings (SSSR count). The molecule has 8 heteroatoms. The molecule has 1 aromatic heterocycles. The van der Waals surface area contributed by atoms with Gasteiger partial charge in [0, 0.05) is 11.3 Å². The minimum Gasteiger partial charge on any atom is -0.462 e. The van der Waals surface area contributed by atoms with Crippen LogP contribution in [0.4, 0.5) is 10.7 Å². The van der Waals surface area contributed by atoms with Crippen molar-refractivity contribution in [2.24, 2.45) is 5.73 Å². The second kappa shape index (κ2) is 10.00. The van der Waals surface area contributed by atoms with E-state index >= 15 is 0 Å². The van der Waals surface area contributed by atoms with Crippen molar-refractivity contribution < 1.29 is 14.3 Å². The predicted octanol–water partition coefficient (Wildman–Crippen LogP) is 4.42. The van der Waals surface area contributed by atoms with Crippen molar-refractivity contribution in [2.75, 3.05) is 17.2 Å². The van der Waals surface area contributed by atoms with Crippen LogP contribution < -0.4 is 16.4 Å². The van der Waals surface area contributed by atoms with Gasteiger partial charge >= 0.3 is 5.97 Å². The number of hydrogen-bond donors (Lipinski definition) is 3. The van der Waals surface area contributed by atoms with E-state index in [1.54, 1.807) is 31.2 Å². The van der Waals surface area contributed by atoms with Crippen LogP contribution in [0.1, 0.15) is 38.1 Å². The molecule has 0 aliphatic carbocycles. The molecule has 1 heterocycles. The molecule has 1 amide bonds. The first-order valence-electron chi connectivity index (χ1n) is 9.28. The van der Waals surface area contributed by atoms with Gasteiger partial charge in [0.25, 0.3) is 5.91 Å². The van der Waals surface area contributed by atoms with E-state index in [9.17, 15) is 9.59 Å². The molecule has 0 unspecified atom stereocenters. The van der Waals surface area contributed by atoms with Crippen molar-refractivity contribution in [3.8, 4) is 0 Å². The molecule has 30 heavy (non-hydrogen) atoms. The molecule has 0 atom stereocenters. The minimum absolute atomic E-state index is 0.238. The van der Waals surface area contributed by atoms with Gasteiger partial charge in [-0.3, -0.25) is 4.79 Å². The number of hydrogen-bond acceptors (Lipinski definition) is 5. The van der Waals surface area contributed by atoms with Gasteiger partial charge in [0.15, 0.2) is 5.11 Å². The van der Waals surface area contributed by atoms with Gasteiger partial charge in [-0.15, -0.1) is 11.3 Å². The molecule has 0 radical (unpaired) electrons. The van der Waals surface area contributed by atoms with Gasteiger partial charge in [0.2, 0.25) is 0 Å². The lowest BCUT2D eigenvalue weighted by molar-refractivity contribution is 0.0528. The van der Waals surface area contributed by atoms with Gasteiger partial charge < -0.3 is 21.1 Å². The van der Waals surface area contributed by atoms with Crippen LogP contribution in [-0.2, 0) is 11.2 Å². The number of thiophene rings is 1. The van der Waals surface area contributed by atoms with Crippen LogP contribution >= 0.6 is 23.6 Å². The van der Waals surface area contributed by atoms with Gasteiger partial charge in [-0.1, -0.05) is 42.5 Å². The smallest absolute Gasteiger partial charge is 0.341 e. The Hall–Kier alpha value is -3.23. The Morgan fingerprint density at radius 3 is 2.43 bits per heavy atom. The Labute approximate surface area is 184 Å². The highest BCUT2D eigenvalue weighted by Crippen LogP contribution is 2.31. The molecule has 0 saturated carbocycles. The summed E-state index contributed by atoms with van der Waals surface area (Å²) in [6, 6.07) is 18.6. The lowest BCUT2D eigenvalue weighted by atomic mass is 10.1. The number of benzene rings is 2. The average Bonchev–Trinajstić information content (AvgIpc) is 3.11. The van der Waals surface area contributed by atoms with Gasteiger partial charge in [0.1, 0.15) is 5.00 Å². The topological polar surface area (TPSA) is 93.4 Å². The normalized spacial score (nSPS) is 10.3. The number of esters is 1. The SMILES string of the molecule is CCOC(=O)c1cc(Cc2ccccc2)sc1NC(=S)Nc1ccccc1C(N)=O. The molecule has 0 fully saturated rings. The molecule has 0 aliphatic heterocycles. The maximum Gasteiger partial charge on any atom is 0.341 e. The van der Waals surface area contributed by atoms with Gasteiger partial charge in [0.05, 0.1) is 23.4 Å². The molecule has 0 spiro atoms. The molecule has 6 nitrogen and oxygen atoms in total. The van der Waals surface area contributed by atoms with E-state index in [1.165, 1.54) is 11.3 Å². The summed E-state index contributed by atoms with van der Waals surface area (Å²) in [4.78, 5) is 25.0. The lowest BCUT2D eigenvalue weighted by Gasteiger charge is -2.12. The van der Waals surface area contributed by atoms with Crippen molar-refractivity contribution in [2.45, 2.75) is 13.3 Å². The van der Waals surface area contributed by atoms with Crippen molar-refractivity contribution in [3.05, 3.63) is 82.2 Å². The predicted molar refractivity (Wildman–Crippen MR) is 124 cm³/mol. The summed E-state index contributed by atoms with van der Waals surface area (Å²) in [5, 5.41) is 6.84. The zero-order valence-electron chi connectivity index (χ0n) is 16.3. The van der Waals surface area contributed by atoms with Gasteiger partial charge in [-0.05, 0) is 42.9 Å². The molecule has 2 aromatic carbocycles. The fourth-order valence-corrected chi connectivity index (χ4v) is 4.20. The third-order valence-corrected chi connectivity index (χ3v) is 5.42. The van der Waals surface area contributed by atoms with E-state index in [2.05, 4.69) is 10.6 Å². The van der Waals surface area contributed by atoms with E-state index in [0.717, 1.165) is 10.4 Å². The zero-order chi connectivity index (χ0) is 21.5. The summed E-state index contributed by atoms with van der Waals surface area (Å²) >= 11 is 6.82. The second-order valence-electron chi connectivity index (χ2n) is 6.33. The molecule has 0 saturated heterocycles. The molecule has 154 valence electrons. The molecule has 4 N–H and O–H groups in total. The largest absolute Gasteiger partial charge is 0.462 e. The third-order valence-electron chi connectivity index (χ3n) is 4.17. The standard InChI is InChI=1S/C22H21N3O3S2/c1-2-28-21(27)17-13-15(12-14-8-4-3-5-9-14)30-20(17)25-22(29)24-18-11-7-6-10-16(18)19(23)26/h3-11,13H,2,12H2,1H3,(H2,23,26)(H2,24,25,29). The number of primary amides is 1. The van der Waals surface area contributed by atoms with Crippen molar-refractivity contribution in [3.63, 3.8) is 0 Å². The first kappa shape index (κ1) is 21.5. The molecular weight excluding hydrogens is 418 g/mol. The van der Waals surface area contributed by atoms with E-state index in [0.29, 0.717) is 28.2 Å². The van der Waals surface area contributed by atoms with Crippen LogP contribution in [0.3, 0.4) is 0 Å². The summed E-state index contributed by atoms with van der Waals surface area (Å²) in [5.41, 5.74) is 7.78. The summed E-state index contributed by atoms with van der Waals surface area (Å²) < 4.78 is 5.19. The van der Waals surface area contributed by atoms with E-state index in [-0.39, 0.29) is 11.7 Å². The van der Waals surface area contributed by atoms with E-state index < -0.39 is 11.9 Å². The fraction of sp³-hybridized carbons (Fsp3) is 0.136. The summed E-state index contributed by atoms with van der Waals surface area (Å²) in [7, 11) is 0. The van der Waals surface area contributed by atoms with E-state index in [1.807, 2.05) is 36.4 Å². The fourth-order valence-electron chi connectivity index (χ4n) is 2.84. The van der Waals surface area contributed by atoms with Crippen LogP contribution in [0, 0.1) is 0 Å². The second-order valence-corrected chi connectivity index (χ2v) is 7.87. The van der Waals surface area contributed by atoms with Crippen LogP contribution in [0.2, 0.25) is 0 Å². The van der Waals surface area contributed by atoms with Crippen LogP contribution in [0.5, 0.6) is 0 Å². The quantitative estimate of drug-likeness (QED) is 0.373. The molecule has 3 aromatic rings. The highest BCUT2D eigenvalue weighted by atomic mass is 32.1. The Kier molecular flexibility index (Phi) is 7.16. The monoisotopic (exact) mass is 439 g/mol. The number of carbonyl (C=O) groups is 2. The van der Waals surface area contributed by atoms with Crippen molar-refractivity contribution >= 4 is 51.2 Å². The summed E-state index contributed by atoms with van der Waals surface area (Å²) in [5.74, 6) is -0.981. The zero-order valence-corrected chi connectivity index (χ0v) is 17.9. The minimum atomic E-state index is -0.561. The van der Waals surface area contributed by atoms with Gasteiger partial charge in [-0.2, -0.15) is 0 Å².